The van der Waals surface area contributed by atoms with Crippen molar-refractivity contribution in [3.63, 3.8) is 0 Å². The topological polar surface area (TPSA) is 46.2 Å². The fourth-order valence-electron chi connectivity index (χ4n) is 3.14. The smallest absolute Gasteiger partial charge is 0.115 e. The van der Waals surface area contributed by atoms with Crippen molar-refractivity contribution in [1.29, 1.82) is 0 Å². The lowest BCUT2D eigenvalue weighted by Gasteiger charge is -2.35. The third kappa shape index (κ3) is 3.69. The summed E-state index contributed by atoms with van der Waals surface area (Å²) in [4.78, 5) is 0. The van der Waals surface area contributed by atoms with Crippen LogP contribution in [-0.2, 0) is 5.41 Å². The second-order valence-electron chi connectivity index (χ2n) is 5.83. The second kappa shape index (κ2) is 8.00. The van der Waals surface area contributed by atoms with Crippen LogP contribution < -0.4 is 5.73 Å². The van der Waals surface area contributed by atoms with Crippen molar-refractivity contribution in [3.8, 4) is 5.75 Å². The number of phenols is 1. The van der Waals surface area contributed by atoms with Gasteiger partial charge in [0.25, 0.3) is 0 Å². The monoisotopic (exact) mass is 296 g/mol. The van der Waals surface area contributed by atoms with Crippen LogP contribution in [0.3, 0.4) is 0 Å². The quantitative estimate of drug-likeness (QED) is 0.757. The van der Waals surface area contributed by atoms with E-state index in [1.807, 2.05) is 12.1 Å². The number of phenolic OH excluding ortho intramolecular Hbond substituents is 1. The van der Waals surface area contributed by atoms with E-state index in [9.17, 15) is 5.11 Å². The van der Waals surface area contributed by atoms with E-state index in [4.69, 9.17) is 5.73 Å². The fourth-order valence-corrected chi connectivity index (χ4v) is 3.14. The highest BCUT2D eigenvalue weighted by Gasteiger charge is 2.33. The molecule has 3 N–H and O–H groups in total. The molecule has 1 unspecified atom stereocenters. The molecule has 0 aliphatic carbocycles. The average molecular weight is 296 g/mol. The van der Waals surface area contributed by atoms with Crippen molar-refractivity contribution in [1.82, 2.24) is 0 Å². The summed E-state index contributed by atoms with van der Waals surface area (Å²) in [5.41, 5.74) is 8.25. The summed E-state index contributed by atoms with van der Waals surface area (Å²) in [6.07, 6.45) is 6.48. The molecule has 0 heterocycles. The summed E-state index contributed by atoms with van der Waals surface area (Å²) in [7, 11) is 0. The third-order valence-corrected chi connectivity index (χ3v) is 4.36. The first kappa shape index (κ1) is 16.6. The van der Waals surface area contributed by atoms with Crippen LogP contribution in [0.25, 0.3) is 0 Å². The first-order valence-corrected chi connectivity index (χ1v) is 8.09. The fraction of sp³-hybridized carbons (Fsp3) is 0.350. The van der Waals surface area contributed by atoms with Gasteiger partial charge in [0.15, 0.2) is 0 Å². The number of hydrogen-bond acceptors (Lipinski definition) is 2. The molecule has 2 aromatic rings. The van der Waals surface area contributed by atoms with Crippen molar-refractivity contribution in [2.45, 2.75) is 38.0 Å². The lowest BCUT2D eigenvalue weighted by atomic mass is 9.68. The molecule has 0 bridgehead atoms. The molecule has 2 heteroatoms. The predicted octanol–water partition coefficient (Wildman–Crippen LogP) is 4.42. The normalized spacial score (nSPS) is 13.7. The molecule has 0 saturated carbocycles. The van der Waals surface area contributed by atoms with Gasteiger partial charge in [-0.05, 0) is 49.1 Å². The van der Waals surface area contributed by atoms with E-state index in [1.54, 1.807) is 12.1 Å². The van der Waals surface area contributed by atoms with Crippen LogP contribution in [0.5, 0.6) is 5.75 Å². The highest BCUT2D eigenvalue weighted by Crippen LogP contribution is 2.41. The molecule has 2 rings (SSSR count). The number of rotatable bonds is 8. The van der Waals surface area contributed by atoms with E-state index in [1.165, 1.54) is 11.1 Å². The van der Waals surface area contributed by atoms with Crippen LogP contribution >= 0.6 is 0 Å². The van der Waals surface area contributed by atoms with Crippen LogP contribution in [0.15, 0.2) is 54.6 Å². The van der Waals surface area contributed by atoms with Crippen molar-refractivity contribution in [3.05, 3.63) is 72.1 Å². The van der Waals surface area contributed by atoms with Gasteiger partial charge in [-0.1, -0.05) is 62.2 Å². The molecule has 0 aromatic heterocycles. The van der Waals surface area contributed by atoms with Crippen LogP contribution in [0.1, 0.15) is 43.7 Å². The lowest BCUT2D eigenvalue weighted by molar-refractivity contribution is 0.440. The van der Waals surface area contributed by atoms with E-state index in [-0.39, 0.29) is 5.41 Å². The molecular formula is C20H26NO. The molecule has 0 amide bonds. The van der Waals surface area contributed by atoms with Gasteiger partial charge in [0.1, 0.15) is 5.75 Å². The summed E-state index contributed by atoms with van der Waals surface area (Å²) in [5.74, 6) is 0.309. The number of aromatic hydroxyl groups is 1. The molecule has 22 heavy (non-hydrogen) atoms. The Morgan fingerprint density at radius 1 is 1.00 bits per heavy atom. The van der Waals surface area contributed by atoms with Gasteiger partial charge >= 0.3 is 0 Å². The second-order valence-corrected chi connectivity index (χ2v) is 5.83. The first-order valence-electron chi connectivity index (χ1n) is 8.09. The maximum atomic E-state index is 9.62. The zero-order chi connectivity index (χ0) is 15.8. The highest BCUT2D eigenvalue weighted by atomic mass is 16.3. The number of benzene rings is 2. The summed E-state index contributed by atoms with van der Waals surface area (Å²) in [6.45, 7) is 2.80. The summed E-state index contributed by atoms with van der Waals surface area (Å²) >= 11 is 0. The maximum Gasteiger partial charge on any atom is 0.115 e. The summed E-state index contributed by atoms with van der Waals surface area (Å²) in [5, 5.41) is 9.62. The number of hydrogen-bond donors (Lipinski definition) is 2. The number of nitrogens with two attached hydrogens (primary N) is 1. The summed E-state index contributed by atoms with van der Waals surface area (Å²) < 4.78 is 0. The van der Waals surface area contributed by atoms with E-state index in [2.05, 4.69) is 43.7 Å². The Labute approximate surface area is 134 Å². The van der Waals surface area contributed by atoms with Crippen LogP contribution in [0.4, 0.5) is 0 Å². The van der Waals surface area contributed by atoms with Crippen molar-refractivity contribution in [2.24, 2.45) is 5.73 Å². The summed E-state index contributed by atoms with van der Waals surface area (Å²) in [6, 6.07) is 18.3. The Balaban J connectivity index is 2.50. The van der Waals surface area contributed by atoms with Gasteiger partial charge in [-0.25, -0.2) is 0 Å². The van der Waals surface area contributed by atoms with E-state index in [0.717, 1.165) is 25.7 Å². The maximum absolute atomic E-state index is 9.62. The Hall–Kier alpha value is -1.80. The van der Waals surface area contributed by atoms with E-state index >= 15 is 0 Å². The van der Waals surface area contributed by atoms with Crippen LogP contribution in [0, 0.1) is 6.42 Å². The molecular weight excluding hydrogens is 270 g/mol. The van der Waals surface area contributed by atoms with Gasteiger partial charge < -0.3 is 10.8 Å². The van der Waals surface area contributed by atoms with Gasteiger partial charge in [0, 0.05) is 5.41 Å². The van der Waals surface area contributed by atoms with Gasteiger partial charge in [-0.2, -0.15) is 0 Å². The van der Waals surface area contributed by atoms with Crippen molar-refractivity contribution < 1.29 is 5.11 Å². The molecule has 0 spiro atoms. The Morgan fingerprint density at radius 3 is 2.23 bits per heavy atom. The van der Waals surface area contributed by atoms with Gasteiger partial charge in [0.2, 0.25) is 0 Å². The zero-order valence-corrected chi connectivity index (χ0v) is 13.3. The predicted molar refractivity (Wildman–Crippen MR) is 92.8 cm³/mol. The molecule has 0 aliphatic rings. The van der Waals surface area contributed by atoms with Gasteiger partial charge in [-0.3, -0.25) is 0 Å². The Bertz CT molecular complexity index is 540. The molecule has 117 valence electrons. The Kier molecular flexibility index (Phi) is 6.02. The van der Waals surface area contributed by atoms with E-state index in [0.29, 0.717) is 12.3 Å². The molecule has 0 saturated heterocycles. The molecule has 2 nitrogen and oxygen atoms in total. The lowest BCUT2D eigenvalue weighted by Crippen LogP contribution is -2.29. The van der Waals surface area contributed by atoms with E-state index < -0.39 is 0 Å². The van der Waals surface area contributed by atoms with Crippen molar-refractivity contribution >= 4 is 0 Å². The average Bonchev–Trinajstić information content (AvgIpc) is 2.57. The molecule has 2 aromatic carbocycles. The molecule has 1 atom stereocenters. The third-order valence-electron chi connectivity index (χ3n) is 4.36. The van der Waals surface area contributed by atoms with Crippen LogP contribution in [0.2, 0.25) is 0 Å². The standard InChI is InChI=1S/C20H26NO/c1-2-3-14-20(15-7-16-21,17-8-5-4-6-9-17)18-10-12-19(22)13-11-18/h4-13,22H,2-3,14-16,21H2,1H3. The minimum absolute atomic E-state index is 0.0651. The van der Waals surface area contributed by atoms with Gasteiger partial charge in [-0.15, -0.1) is 0 Å². The minimum Gasteiger partial charge on any atom is -0.508 e. The van der Waals surface area contributed by atoms with Crippen molar-refractivity contribution in [2.75, 3.05) is 6.54 Å². The highest BCUT2D eigenvalue weighted by molar-refractivity contribution is 5.42. The largest absolute Gasteiger partial charge is 0.508 e. The molecule has 0 aliphatic heterocycles. The first-order chi connectivity index (χ1) is 10.7. The SMILES string of the molecule is CCCCC(C[CH]CN)(c1ccccc1)c1ccc(O)cc1. The van der Waals surface area contributed by atoms with Crippen LogP contribution in [-0.4, -0.2) is 11.7 Å². The molecule has 0 fully saturated rings. The Morgan fingerprint density at radius 2 is 1.64 bits per heavy atom. The zero-order valence-electron chi connectivity index (χ0n) is 13.3. The minimum atomic E-state index is -0.0651. The molecule has 1 radical (unpaired) electrons. The number of unbranched alkanes of at least 4 members (excludes halogenated alkanes) is 1. The van der Waals surface area contributed by atoms with Gasteiger partial charge in [0.05, 0.1) is 0 Å².